The highest BCUT2D eigenvalue weighted by Crippen LogP contribution is 2.15. The van der Waals surface area contributed by atoms with Crippen LogP contribution in [0, 0.1) is 0 Å². The fourth-order valence-electron chi connectivity index (χ4n) is 2.79. The van der Waals surface area contributed by atoms with E-state index < -0.39 is 9.84 Å². The van der Waals surface area contributed by atoms with Gasteiger partial charge in [0.2, 0.25) is 5.91 Å². The van der Waals surface area contributed by atoms with Crippen molar-refractivity contribution in [2.24, 2.45) is 0 Å². The summed E-state index contributed by atoms with van der Waals surface area (Å²) in [6.45, 7) is 8.12. The van der Waals surface area contributed by atoms with E-state index in [1.165, 1.54) is 0 Å². The summed E-state index contributed by atoms with van der Waals surface area (Å²) in [6, 6.07) is 6.87. The molecule has 1 amide bonds. The number of carbonyl (C=O) groups is 1. The lowest BCUT2D eigenvalue weighted by Gasteiger charge is -2.39. The van der Waals surface area contributed by atoms with Crippen molar-refractivity contribution >= 4 is 15.7 Å². The van der Waals surface area contributed by atoms with Gasteiger partial charge in [-0.25, -0.2) is 8.42 Å². The Balaban J connectivity index is 1.92. The van der Waals surface area contributed by atoms with E-state index in [1.807, 2.05) is 4.90 Å². The SMILES string of the molecule is CCS(=O)(=O)c1ccc(CCC(=O)N2CCNC(C)(C)C2)cc1. The number of sulfone groups is 1. The number of carbonyl (C=O) groups excluding carboxylic acids is 1. The van der Waals surface area contributed by atoms with Gasteiger partial charge in [-0.05, 0) is 38.0 Å². The van der Waals surface area contributed by atoms with E-state index >= 15 is 0 Å². The van der Waals surface area contributed by atoms with Crippen LogP contribution >= 0.6 is 0 Å². The van der Waals surface area contributed by atoms with Crippen LogP contribution in [-0.4, -0.2) is 50.2 Å². The maximum absolute atomic E-state index is 12.3. The van der Waals surface area contributed by atoms with Crippen LogP contribution < -0.4 is 5.32 Å². The molecule has 2 rings (SSSR count). The fourth-order valence-corrected chi connectivity index (χ4v) is 3.68. The monoisotopic (exact) mass is 338 g/mol. The smallest absolute Gasteiger partial charge is 0.223 e. The van der Waals surface area contributed by atoms with E-state index in [9.17, 15) is 13.2 Å². The largest absolute Gasteiger partial charge is 0.340 e. The van der Waals surface area contributed by atoms with Crippen LogP contribution in [0.25, 0.3) is 0 Å². The zero-order valence-corrected chi connectivity index (χ0v) is 14.9. The molecule has 5 nitrogen and oxygen atoms in total. The van der Waals surface area contributed by atoms with E-state index in [0.717, 1.165) is 25.2 Å². The fraction of sp³-hybridized carbons (Fsp3) is 0.588. The lowest BCUT2D eigenvalue weighted by molar-refractivity contribution is -0.133. The molecule has 128 valence electrons. The van der Waals surface area contributed by atoms with Gasteiger partial charge < -0.3 is 10.2 Å². The van der Waals surface area contributed by atoms with E-state index in [-0.39, 0.29) is 17.2 Å². The minimum Gasteiger partial charge on any atom is -0.340 e. The normalized spacial score (nSPS) is 18.0. The van der Waals surface area contributed by atoms with Gasteiger partial charge in [0.1, 0.15) is 0 Å². The number of benzene rings is 1. The molecule has 1 saturated heterocycles. The highest BCUT2D eigenvalue weighted by molar-refractivity contribution is 7.91. The molecule has 0 atom stereocenters. The Bertz CT molecular complexity index is 651. The second-order valence-corrected chi connectivity index (χ2v) is 8.95. The molecule has 23 heavy (non-hydrogen) atoms. The number of amides is 1. The van der Waals surface area contributed by atoms with Crippen molar-refractivity contribution in [3.63, 3.8) is 0 Å². The minimum absolute atomic E-state index is 0.0376. The standard InChI is InChI=1S/C17H26N2O3S/c1-4-23(21,22)15-8-5-14(6-9-15)7-10-16(20)19-12-11-18-17(2,3)13-19/h5-6,8-9,18H,4,7,10-13H2,1-3H3. The Morgan fingerprint density at radius 2 is 1.91 bits per heavy atom. The zero-order valence-electron chi connectivity index (χ0n) is 14.1. The average molecular weight is 338 g/mol. The highest BCUT2D eigenvalue weighted by atomic mass is 32.2. The topological polar surface area (TPSA) is 66.5 Å². The van der Waals surface area contributed by atoms with Gasteiger partial charge >= 0.3 is 0 Å². The molecule has 1 aliphatic rings. The van der Waals surface area contributed by atoms with Crippen molar-refractivity contribution in [1.82, 2.24) is 10.2 Å². The Morgan fingerprint density at radius 3 is 2.48 bits per heavy atom. The van der Waals surface area contributed by atoms with E-state index in [1.54, 1.807) is 31.2 Å². The van der Waals surface area contributed by atoms with Crippen LogP contribution in [0.3, 0.4) is 0 Å². The molecule has 1 aliphatic heterocycles. The first-order valence-corrected chi connectivity index (χ1v) is 9.73. The van der Waals surface area contributed by atoms with Gasteiger partial charge in [-0.1, -0.05) is 19.1 Å². The second kappa shape index (κ2) is 7.01. The third-order valence-electron chi connectivity index (χ3n) is 4.21. The molecule has 0 aliphatic carbocycles. The first-order chi connectivity index (χ1) is 10.7. The van der Waals surface area contributed by atoms with Crippen molar-refractivity contribution in [3.05, 3.63) is 29.8 Å². The average Bonchev–Trinajstić information content (AvgIpc) is 2.52. The summed E-state index contributed by atoms with van der Waals surface area (Å²) >= 11 is 0. The number of nitrogens with one attached hydrogen (secondary N) is 1. The number of hydrogen-bond donors (Lipinski definition) is 1. The Labute approximate surface area is 139 Å². The highest BCUT2D eigenvalue weighted by Gasteiger charge is 2.28. The van der Waals surface area contributed by atoms with E-state index in [2.05, 4.69) is 19.2 Å². The Kier molecular flexibility index (Phi) is 5.47. The molecule has 0 saturated carbocycles. The first kappa shape index (κ1) is 17.9. The van der Waals surface area contributed by atoms with Crippen LogP contribution in [0.2, 0.25) is 0 Å². The quantitative estimate of drug-likeness (QED) is 0.886. The lowest BCUT2D eigenvalue weighted by Crippen LogP contribution is -2.58. The molecule has 0 radical (unpaired) electrons. The molecule has 6 heteroatoms. The predicted octanol–water partition coefficient (Wildman–Crippen LogP) is 1.62. The van der Waals surface area contributed by atoms with Crippen LogP contribution in [-0.2, 0) is 21.1 Å². The molecule has 1 fully saturated rings. The van der Waals surface area contributed by atoms with Crippen LogP contribution in [0.4, 0.5) is 0 Å². The molecule has 1 aromatic carbocycles. The number of nitrogens with zero attached hydrogens (tertiary/aromatic N) is 1. The number of rotatable bonds is 5. The van der Waals surface area contributed by atoms with Gasteiger partial charge in [0.05, 0.1) is 10.6 Å². The summed E-state index contributed by atoms with van der Waals surface area (Å²) < 4.78 is 23.6. The minimum atomic E-state index is -3.16. The third kappa shape index (κ3) is 4.78. The molecule has 1 N–H and O–H groups in total. The van der Waals surface area contributed by atoms with Gasteiger partial charge in [0.15, 0.2) is 9.84 Å². The molecule has 0 aromatic heterocycles. The zero-order chi connectivity index (χ0) is 17.1. The molecular formula is C17H26N2O3S. The Morgan fingerprint density at radius 1 is 1.26 bits per heavy atom. The van der Waals surface area contributed by atoms with Crippen LogP contribution in [0.15, 0.2) is 29.2 Å². The third-order valence-corrected chi connectivity index (χ3v) is 5.96. The molecule has 0 bridgehead atoms. The summed E-state index contributed by atoms with van der Waals surface area (Å²) in [6.07, 6.45) is 1.09. The first-order valence-electron chi connectivity index (χ1n) is 8.08. The van der Waals surface area contributed by atoms with Crippen molar-refractivity contribution in [2.45, 2.75) is 44.0 Å². The summed E-state index contributed by atoms with van der Waals surface area (Å²) in [4.78, 5) is 14.6. The molecule has 0 unspecified atom stereocenters. The van der Waals surface area contributed by atoms with Gasteiger partial charge in [0.25, 0.3) is 0 Å². The summed E-state index contributed by atoms with van der Waals surface area (Å²) in [7, 11) is -3.16. The van der Waals surface area contributed by atoms with Crippen molar-refractivity contribution in [3.8, 4) is 0 Å². The summed E-state index contributed by atoms with van der Waals surface area (Å²) in [5.74, 6) is 0.258. The predicted molar refractivity (Wildman–Crippen MR) is 91.2 cm³/mol. The van der Waals surface area contributed by atoms with Crippen molar-refractivity contribution in [1.29, 1.82) is 0 Å². The maximum atomic E-state index is 12.3. The summed E-state index contributed by atoms with van der Waals surface area (Å²) in [5.41, 5.74) is 0.951. The van der Waals surface area contributed by atoms with E-state index in [4.69, 9.17) is 0 Å². The number of piperazine rings is 1. The van der Waals surface area contributed by atoms with Gasteiger partial charge in [0, 0.05) is 31.6 Å². The maximum Gasteiger partial charge on any atom is 0.223 e. The summed E-state index contributed by atoms with van der Waals surface area (Å²) in [5, 5.41) is 3.39. The number of hydrogen-bond acceptors (Lipinski definition) is 4. The molecular weight excluding hydrogens is 312 g/mol. The van der Waals surface area contributed by atoms with Crippen molar-refractivity contribution < 1.29 is 13.2 Å². The number of aryl methyl sites for hydroxylation is 1. The van der Waals surface area contributed by atoms with Gasteiger partial charge in [-0.3, -0.25) is 4.79 Å². The van der Waals surface area contributed by atoms with Gasteiger partial charge in [-0.2, -0.15) is 0 Å². The van der Waals surface area contributed by atoms with Crippen LogP contribution in [0.1, 0.15) is 32.8 Å². The van der Waals surface area contributed by atoms with Crippen molar-refractivity contribution in [2.75, 3.05) is 25.4 Å². The van der Waals surface area contributed by atoms with E-state index in [0.29, 0.717) is 17.7 Å². The molecule has 1 heterocycles. The van der Waals surface area contributed by atoms with Gasteiger partial charge in [-0.15, -0.1) is 0 Å². The Hall–Kier alpha value is -1.40. The second-order valence-electron chi connectivity index (χ2n) is 6.67. The lowest BCUT2D eigenvalue weighted by atomic mass is 10.0. The molecule has 1 aromatic rings. The molecule has 0 spiro atoms. The van der Waals surface area contributed by atoms with Crippen LogP contribution in [0.5, 0.6) is 0 Å².